The summed E-state index contributed by atoms with van der Waals surface area (Å²) in [4.78, 5) is 16.7. The zero-order chi connectivity index (χ0) is 22.4. The number of hydrogen-bond acceptors (Lipinski definition) is 4. The van der Waals surface area contributed by atoms with Gasteiger partial charge in [-0.15, -0.1) is 0 Å². The second kappa shape index (κ2) is 10.5. The maximum atomic E-state index is 12.4. The monoisotopic (exact) mass is 488 g/mol. The molecule has 1 amide bonds. The molecule has 0 aliphatic carbocycles. The molecule has 1 aliphatic heterocycles. The van der Waals surface area contributed by atoms with Crippen LogP contribution in [0, 0.1) is 0 Å². The lowest BCUT2D eigenvalue weighted by atomic mass is 10.1. The van der Waals surface area contributed by atoms with Crippen molar-refractivity contribution in [3.8, 4) is 5.75 Å². The lowest BCUT2D eigenvalue weighted by molar-refractivity contribution is 0.00163. The number of carbonyl (C=O) groups is 1. The minimum Gasteiger partial charge on any atom is -0.488 e. The van der Waals surface area contributed by atoms with Gasteiger partial charge in [-0.3, -0.25) is 4.90 Å². The summed E-state index contributed by atoms with van der Waals surface area (Å²) >= 11 is 3.65. The average Bonchev–Trinajstić information content (AvgIpc) is 2.71. The number of hydrogen-bond donors (Lipinski definition) is 0. The van der Waals surface area contributed by atoms with Crippen molar-refractivity contribution in [3.05, 3.63) is 64.1 Å². The summed E-state index contributed by atoms with van der Waals surface area (Å²) in [5.41, 5.74) is 1.96. The Morgan fingerprint density at radius 2 is 1.84 bits per heavy atom. The maximum Gasteiger partial charge on any atom is 0.410 e. The smallest absolute Gasteiger partial charge is 0.410 e. The Hall–Kier alpha value is -2.05. The van der Waals surface area contributed by atoms with Crippen molar-refractivity contribution in [1.29, 1.82) is 0 Å². The zero-order valence-corrected chi connectivity index (χ0v) is 20.5. The Morgan fingerprint density at radius 1 is 1.10 bits per heavy atom. The molecular weight excluding hydrogens is 456 g/mol. The molecule has 1 fully saturated rings. The molecule has 6 heteroatoms. The van der Waals surface area contributed by atoms with Gasteiger partial charge in [0, 0.05) is 32.2 Å². The molecule has 3 rings (SSSR count). The van der Waals surface area contributed by atoms with E-state index in [1.807, 2.05) is 49.9 Å². The number of ether oxygens (including phenoxy) is 2. The molecule has 168 valence electrons. The van der Waals surface area contributed by atoms with Gasteiger partial charge in [0.25, 0.3) is 0 Å². The number of carbonyl (C=O) groups excluding carboxylic acids is 1. The molecule has 0 spiro atoms. The van der Waals surface area contributed by atoms with Gasteiger partial charge in [-0.25, -0.2) is 4.79 Å². The van der Waals surface area contributed by atoms with Gasteiger partial charge in [0.1, 0.15) is 18.0 Å². The van der Waals surface area contributed by atoms with Crippen LogP contribution in [0.4, 0.5) is 4.79 Å². The van der Waals surface area contributed by atoms with Crippen LogP contribution >= 0.6 is 15.9 Å². The van der Waals surface area contributed by atoms with Gasteiger partial charge in [-0.1, -0.05) is 36.4 Å². The standard InChI is InChI=1S/C25H33BrN2O3/c1-19-17-27(14-15-28(19)24(29)31-25(2,3)4)13-12-20-10-11-23(22(26)16-20)30-18-21-8-6-5-7-9-21/h5-11,16,19H,12-15,17-18H2,1-4H3/t19-/m1/s1. The number of nitrogens with zero attached hydrogens (tertiary/aromatic N) is 2. The van der Waals surface area contributed by atoms with E-state index >= 15 is 0 Å². The molecule has 0 N–H and O–H groups in total. The molecule has 0 bridgehead atoms. The Labute approximate surface area is 194 Å². The maximum absolute atomic E-state index is 12.4. The predicted molar refractivity (Wildman–Crippen MR) is 127 cm³/mol. The molecule has 1 atom stereocenters. The third kappa shape index (κ3) is 7.25. The third-order valence-electron chi connectivity index (χ3n) is 5.29. The molecule has 2 aromatic carbocycles. The SMILES string of the molecule is C[C@@H]1CN(CCc2ccc(OCc3ccccc3)c(Br)c2)CCN1C(=O)OC(C)(C)C. The summed E-state index contributed by atoms with van der Waals surface area (Å²) in [6.45, 7) is 11.7. The fourth-order valence-corrected chi connectivity index (χ4v) is 4.21. The molecule has 1 heterocycles. The van der Waals surface area contributed by atoms with E-state index in [4.69, 9.17) is 9.47 Å². The van der Waals surface area contributed by atoms with Gasteiger partial charge in [0.15, 0.2) is 0 Å². The number of amides is 1. The molecule has 5 nitrogen and oxygen atoms in total. The third-order valence-corrected chi connectivity index (χ3v) is 5.91. The van der Waals surface area contributed by atoms with E-state index < -0.39 is 5.60 Å². The summed E-state index contributed by atoms with van der Waals surface area (Å²) < 4.78 is 12.5. The highest BCUT2D eigenvalue weighted by Crippen LogP contribution is 2.27. The van der Waals surface area contributed by atoms with Crippen LogP contribution in [-0.4, -0.2) is 53.7 Å². The summed E-state index contributed by atoms with van der Waals surface area (Å²) in [6.07, 6.45) is 0.742. The Balaban J connectivity index is 1.47. The normalized spacial score (nSPS) is 17.5. The highest BCUT2D eigenvalue weighted by molar-refractivity contribution is 9.10. The topological polar surface area (TPSA) is 42.0 Å². The van der Waals surface area contributed by atoms with E-state index in [0.29, 0.717) is 13.2 Å². The van der Waals surface area contributed by atoms with E-state index in [-0.39, 0.29) is 12.1 Å². The van der Waals surface area contributed by atoms with E-state index in [2.05, 4.69) is 52.0 Å². The van der Waals surface area contributed by atoms with E-state index in [1.54, 1.807) is 0 Å². The largest absolute Gasteiger partial charge is 0.488 e. The van der Waals surface area contributed by atoms with E-state index in [9.17, 15) is 4.79 Å². The molecule has 31 heavy (non-hydrogen) atoms. The van der Waals surface area contributed by atoms with Crippen LogP contribution < -0.4 is 4.74 Å². The van der Waals surface area contributed by atoms with E-state index in [1.165, 1.54) is 5.56 Å². The first-order valence-corrected chi connectivity index (χ1v) is 11.7. The molecule has 0 aromatic heterocycles. The fraction of sp³-hybridized carbons (Fsp3) is 0.480. The van der Waals surface area contributed by atoms with Crippen molar-refractivity contribution in [3.63, 3.8) is 0 Å². The quantitative estimate of drug-likeness (QED) is 0.537. The van der Waals surface area contributed by atoms with Crippen LogP contribution in [0.1, 0.15) is 38.8 Å². The molecule has 0 unspecified atom stereocenters. The second-order valence-electron chi connectivity index (χ2n) is 9.11. The summed E-state index contributed by atoms with van der Waals surface area (Å²) in [6, 6.07) is 16.6. The average molecular weight is 489 g/mol. The predicted octanol–water partition coefficient (Wildman–Crippen LogP) is 5.51. The first-order valence-electron chi connectivity index (χ1n) is 10.9. The molecule has 0 saturated carbocycles. The first kappa shape index (κ1) is 23.6. The summed E-state index contributed by atoms with van der Waals surface area (Å²) in [7, 11) is 0. The van der Waals surface area contributed by atoms with Gasteiger partial charge in [-0.2, -0.15) is 0 Å². The first-order chi connectivity index (χ1) is 14.7. The van der Waals surface area contributed by atoms with Crippen LogP contribution in [-0.2, 0) is 17.8 Å². The summed E-state index contributed by atoms with van der Waals surface area (Å²) in [5, 5.41) is 0. The highest BCUT2D eigenvalue weighted by atomic mass is 79.9. The lowest BCUT2D eigenvalue weighted by Gasteiger charge is -2.40. The highest BCUT2D eigenvalue weighted by Gasteiger charge is 2.30. The zero-order valence-electron chi connectivity index (χ0n) is 18.9. The van der Waals surface area contributed by atoms with Crippen molar-refractivity contribution in [2.45, 2.75) is 52.4 Å². The number of halogens is 1. The van der Waals surface area contributed by atoms with Crippen LogP contribution in [0.3, 0.4) is 0 Å². The van der Waals surface area contributed by atoms with Gasteiger partial charge < -0.3 is 14.4 Å². The number of benzene rings is 2. The van der Waals surface area contributed by atoms with Gasteiger partial charge in [-0.05, 0) is 73.3 Å². The molecular formula is C25H33BrN2O3. The minimum absolute atomic E-state index is 0.143. The number of rotatable bonds is 6. The minimum atomic E-state index is -0.460. The molecule has 1 aliphatic rings. The van der Waals surface area contributed by atoms with Crippen molar-refractivity contribution >= 4 is 22.0 Å². The molecule has 0 radical (unpaired) electrons. The van der Waals surface area contributed by atoms with Crippen molar-refractivity contribution in [2.24, 2.45) is 0 Å². The Morgan fingerprint density at radius 3 is 2.48 bits per heavy atom. The van der Waals surface area contributed by atoms with Crippen molar-refractivity contribution in [1.82, 2.24) is 9.80 Å². The number of piperazine rings is 1. The van der Waals surface area contributed by atoms with Gasteiger partial charge >= 0.3 is 6.09 Å². The van der Waals surface area contributed by atoms with Crippen LogP contribution in [0.25, 0.3) is 0 Å². The van der Waals surface area contributed by atoms with Crippen LogP contribution in [0.2, 0.25) is 0 Å². The lowest BCUT2D eigenvalue weighted by Crippen LogP contribution is -2.55. The van der Waals surface area contributed by atoms with Gasteiger partial charge in [0.05, 0.1) is 4.47 Å². The molecule has 2 aromatic rings. The Bertz CT molecular complexity index is 867. The fourth-order valence-electron chi connectivity index (χ4n) is 3.67. The van der Waals surface area contributed by atoms with Crippen molar-refractivity contribution in [2.75, 3.05) is 26.2 Å². The molecule has 1 saturated heterocycles. The van der Waals surface area contributed by atoms with E-state index in [0.717, 1.165) is 41.8 Å². The Kier molecular flexibility index (Phi) is 8.00. The summed E-state index contributed by atoms with van der Waals surface area (Å²) in [5.74, 6) is 0.854. The van der Waals surface area contributed by atoms with Crippen molar-refractivity contribution < 1.29 is 14.3 Å². The van der Waals surface area contributed by atoms with Crippen LogP contribution in [0.5, 0.6) is 5.75 Å². The van der Waals surface area contributed by atoms with Crippen LogP contribution in [0.15, 0.2) is 53.0 Å². The second-order valence-corrected chi connectivity index (χ2v) is 9.97. The van der Waals surface area contributed by atoms with Gasteiger partial charge in [0.2, 0.25) is 0 Å².